The molecule has 0 saturated heterocycles. The van der Waals surface area contributed by atoms with Gasteiger partial charge in [0.1, 0.15) is 5.76 Å². The first-order chi connectivity index (χ1) is 9.67. The zero-order valence-electron chi connectivity index (χ0n) is 10.2. The van der Waals surface area contributed by atoms with Crippen molar-refractivity contribution in [3.05, 3.63) is 30.3 Å². The number of carbonyl (C=O) groups is 1. The van der Waals surface area contributed by atoms with Gasteiger partial charge in [-0.25, -0.2) is 10.6 Å². The van der Waals surface area contributed by atoms with Crippen LogP contribution in [0.25, 0.3) is 22.2 Å². The number of anilines is 1. The normalized spacial score (nSPS) is 10.7. The third kappa shape index (κ3) is 2.04. The summed E-state index contributed by atoms with van der Waals surface area (Å²) in [6.45, 7) is 0. The number of benzene rings is 1. The lowest BCUT2D eigenvalue weighted by atomic mass is 10.1. The molecule has 2 heterocycles. The summed E-state index contributed by atoms with van der Waals surface area (Å²) in [5.74, 6) is 5.90. The number of ether oxygens (including phenoxy) is 1. The van der Waals surface area contributed by atoms with E-state index in [0.717, 1.165) is 16.5 Å². The molecule has 0 aliphatic carbocycles. The molecule has 102 valence electrons. The van der Waals surface area contributed by atoms with E-state index in [1.54, 1.807) is 6.07 Å². The van der Waals surface area contributed by atoms with E-state index in [4.69, 9.17) is 20.7 Å². The maximum absolute atomic E-state index is 11.0. The maximum atomic E-state index is 11.0. The minimum absolute atomic E-state index is 0.0446. The number of amides is 1. The molecule has 6 N–H and O–H groups in total. The number of nitrogens with zero attached hydrogens (tertiary/aromatic N) is 1. The Morgan fingerprint density at radius 2 is 2.20 bits per heavy atom. The van der Waals surface area contributed by atoms with Crippen LogP contribution in [0.1, 0.15) is 0 Å². The predicted molar refractivity (Wildman–Crippen MR) is 71.6 cm³/mol. The van der Waals surface area contributed by atoms with E-state index < -0.39 is 6.09 Å². The van der Waals surface area contributed by atoms with Crippen LogP contribution in [0.4, 0.5) is 10.6 Å². The number of furan rings is 1. The first-order valence-corrected chi connectivity index (χ1v) is 5.69. The van der Waals surface area contributed by atoms with Gasteiger partial charge in [0, 0.05) is 17.0 Å². The Hall–Kier alpha value is -3.00. The second-order valence-electron chi connectivity index (χ2n) is 4.02. The molecule has 0 saturated carbocycles. The van der Waals surface area contributed by atoms with Gasteiger partial charge in [-0.3, -0.25) is 10.5 Å². The fourth-order valence-electron chi connectivity index (χ4n) is 1.84. The summed E-state index contributed by atoms with van der Waals surface area (Å²) in [6, 6.07) is 8.71. The number of carbonyl (C=O) groups excluding carboxylic acids is 1. The van der Waals surface area contributed by atoms with Crippen molar-refractivity contribution in [1.29, 1.82) is 0 Å². The first-order valence-electron chi connectivity index (χ1n) is 5.69. The standard InChI is InChI=1S/C12H11N5O3/c13-11-7-5-6(1-2-8(7)16-17-11)9-3-4-10(19-9)20-12(18)15-14/h1-5H,14H2,(H,15,18)(H3,13,16,17). The Morgan fingerprint density at radius 1 is 1.35 bits per heavy atom. The van der Waals surface area contributed by atoms with Crippen molar-refractivity contribution < 1.29 is 13.9 Å². The molecule has 0 unspecified atom stereocenters. The van der Waals surface area contributed by atoms with Crippen LogP contribution in [0.5, 0.6) is 5.95 Å². The molecule has 0 aliphatic heterocycles. The van der Waals surface area contributed by atoms with Crippen LogP contribution in [-0.4, -0.2) is 16.3 Å². The molecule has 0 atom stereocenters. The van der Waals surface area contributed by atoms with E-state index in [0.29, 0.717) is 11.6 Å². The van der Waals surface area contributed by atoms with Gasteiger partial charge in [-0.2, -0.15) is 5.10 Å². The summed E-state index contributed by atoms with van der Waals surface area (Å²) in [5.41, 5.74) is 9.20. The van der Waals surface area contributed by atoms with Crippen molar-refractivity contribution in [2.75, 3.05) is 5.73 Å². The highest BCUT2D eigenvalue weighted by Crippen LogP contribution is 2.29. The van der Waals surface area contributed by atoms with Crippen molar-refractivity contribution >= 4 is 22.8 Å². The van der Waals surface area contributed by atoms with Gasteiger partial charge in [-0.05, 0) is 24.3 Å². The molecule has 20 heavy (non-hydrogen) atoms. The molecular formula is C12H11N5O3. The lowest BCUT2D eigenvalue weighted by molar-refractivity contribution is 0.188. The van der Waals surface area contributed by atoms with Crippen LogP contribution < -0.4 is 21.7 Å². The van der Waals surface area contributed by atoms with Gasteiger partial charge in [0.15, 0.2) is 5.82 Å². The van der Waals surface area contributed by atoms with Gasteiger partial charge in [0.25, 0.3) is 5.95 Å². The Labute approximate surface area is 112 Å². The molecule has 0 bridgehead atoms. The zero-order chi connectivity index (χ0) is 14.1. The molecule has 0 fully saturated rings. The van der Waals surface area contributed by atoms with E-state index in [1.807, 2.05) is 23.6 Å². The van der Waals surface area contributed by atoms with Crippen molar-refractivity contribution in [1.82, 2.24) is 15.6 Å². The topological polar surface area (TPSA) is 132 Å². The Balaban J connectivity index is 1.94. The summed E-state index contributed by atoms with van der Waals surface area (Å²) in [5, 5.41) is 7.52. The van der Waals surface area contributed by atoms with Crippen LogP contribution >= 0.6 is 0 Å². The molecule has 1 aromatic carbocycles. The largest absolute Gasteiger partial charge is 0.429 e. The number of rotatable bonds is 2. The average Bonchev–Trinajstić information content (AvgIpc) is 3.06. The molecular weight excluding hydrogens is 262 g/mol. The predicted octanol–water partition coefficient (Wildman–Crippen LogP) is 1.37. The smallest absolute Gasteiger partial charge is 0.425 e. The molecule has 3 aromatic rings. The molecule has 0 radical (unpaired) electrons. The van der Waals surface area contributed by atoms with Gasteiger partial charge in [-0.1, -0.05) is 0 Å². The van der Waals surface area contributed by atoms with Crippen LogP contribution in [0.3, 0.4) is 0 Å². The number of hydrogen-bond donors (Lipinski definition) is 4. The summed E-state index contributed by atoms with van der Waals surface area (Å²) >= 11 is 0. The average molecular weight is 273 g/mol. The third-order valence-corrected chi connectivity index (χ3v) is 2.77. The van der Waals surface area contributed by atoms with Gasteiger partial charge >= 0.3 is 6.09 Å². The molecule has 8 nitrogen and oxygen atoms in total. The molecule has 2 aromatic heterocycles. The minimum Gasteiger partial charge on any atom is -0.425 e. The monoisotopic (exact) mass is 273 g/mol. The number of aromatic nitrogens is 2. The molecule has 0 spiro atoms. The van der Waals surface area contributed by atoms with Crippen molar-refractivity contribution in [2.45, 2.75) is 0 Å². The quantitative estimate of drug-likeness (QED) is 0.316. The van der Waals surface area contributed by atoms with Gasteiger partial charge in [0.2, 0.25) is 0 Å². The number of nitrogens with two attached hydrogens (primary N) is 2. The third-order valence-electron chi connectivity index (χ3n) is 2.77. The second kappa shape index (κ2) is 4.59. The van der Waals surface area contributed by atoms with Crippen LogP contribution in [-0.2, 0) is 0 Å². The number of H-pyrrole nitrogens is 1. The number of fused-ring (bicyclic) bond motifs is 1. The summed E-state index contributed by atoms with van der Waals surface area (Å²) in [7, 11) is 0. The number of nitrogen functional groups attached to an aromatic ring is 1. The maximum Gasteiger partial charge on any atom is 0.429 e. The number of hydrazine groups is 1. The van der Waals surface area contributed by atoms with E-state index in [-0.39, 0.29) is 5.95 Å². The van der Waals surface area contributed by atoms with Gasteiger partial charge < -0.3 is 14.9 Å². The summed E-state index contributed by atoms with van der Waals surface area (Å²) < 4.78 is 10.2. The van der Waals surface area contributed by atoms with E-state index >= 15 is 0 Å². The molecule has 8 heteroatoms. The van der Waals surface area contributed by atoms with E-state index in [9.17, 15) is 4.79 Å². The fraction of sp³-hybridized carbons (Fsp3) is 0. The van der Waals surface area contributed by atoms with Crippen LogP contribution in [0.2, 0.25) is 0 Å². The first kappa shape index (κ1) is 12.1. The molecule has 1 amide bonds. The molecule has 3 rings (SSSR count). The fourth-order valence-corrected chi connectivity index (χ4v) is 1.84. The Kier molecular flexibility index (Phi) is 2.77. The highest BCUT2D eigenvalue weighted by molar-refractivity contribution is 5.91. The van der Waals surface area contributed by atoms with Gasteiger partial charge in [0.05, 0.1) is 5.52 Å². The minimum atomic E-state index is -0.805. The van der Waals surface area contributed by atoms with Crippen molar-refractivity contribution in [3.8, 4) is 17.3 Å². The lowest BCUT2D eigenvalue weighted by Crippen LogP contribution is -2.32. The summed E-state index contributed by atoms with van der Waals surface area (Å²) in [4.78, 5) is 11.0. The number of hydrogen-bond acceptors (Lipinski definition) is 6. The Bertz CT molecular complexity index is 776. The van der Waals surface area contributed by atoms with Gasteiger partial charge in [-0.15, -0.1) is 0 Å². The number of aromatic amines is 1. The lowest BCUT2D eigenvalue weighted by Gasteiger charge is -1.99. The highest BCUT2D eigenvalue weighted by Gasteiger charge is 2.10. The highest BCUT2D eigenvalue weighted by atomic mass is 16.6. The van der Waals surface area contributed by atoms with E-state index in [1.165, 1.54) is 6.07 Å². The Morgan fingerprint density at radius 3 is 3.00 bits per heavy atom. The van der Waals surface area contributed by atoms with Crippen LogP contribution in [0, 0.1) is 0 Å². The second-order valence-corrected chi connectivity index (χ2v) is 4.02. The SMILES string of the molecule is NNC(=O)Oc1ccc(-c2ccc3[nH]nc(N)c3c2)o1. The van der Waals surface area contributed by atoms with E-state index in [2.05, 4.69) is 10.2 Å². The van der Waals surface area contributed by atoms with Crippen LogP contribution in [0.15, 0.2) is 34.7 Å². The summed E-state index contributed by atoms with van der Waals surface area (Å²) in [6.07, 6.45) is -0.805. The number of nitrogens with one attached hydrogen (secondary N) is 2. The van der Waals surface area contributed by atoms with Crippen molar-refractivity contribution in [2.24, 2.45) is 5.84 Å². The zero-order valence-corrected chi connectivity index (χ0v) is 10.2. The van der Waals surface area contributed by atoms with Crippen molar-refractivity contribution in [3.63, 3.8) is 0 Å². The molecule has 0 aliphatic rings.